The maximum atomic E-state index is 12.8. The van der Waals surface area contributed by atoms with E-state index < -0.39 is 0 Å². The lowest BCUT2D eigenvalue weighted by molar-refractivity contribution is -0.121. The van der Waals surface area contributed by atoms with Gasteiger partial charge in [0.25, 0.3) is 5.91 Å². The first kappa shape index (κ1) is 17.9. The second-order valence-corrected chi connectivity index (χ2v) is 6.22. The Balaban J connectivity index is 1.85. The number of ether oxygens (including phenoxy) is 1. The molecule has 0 bridgehead atoms. The van der Waals surface area contributed by atoms with Crippen molar-refractivity contribution >= 4 is 33.6 Å². The van der Waals surface area contributed by atoms with Crippen molar-refractivity contribution in [3.8, 4) is 0 Å². The maximum absolute atomic E-state index is 12.8. The first-order valence-corrected chi connectivity index (χ1v) is 8.45. The third-order valence-electron chi connectivity index (χ3n) is 4.38. The Bertz CT molecular complexity index is 961. The highest BCUT2D eigenvalue weighted by atomic mass is 16.5. The number of rotatable bonds is 6. The summed E-state index contributed by atoms with van der Waals surface area (Å²) in [5.74, 6) is -0.287. The van der Waals surface area contributed by atoms with Crippen LogP contribution in [0.4, 0.5) is 0 Å². The van der Waals surface area contributed by atoms with Crippen molar-refractivity contribution in [2.45, 2.75) is 6.92 Å². The number of benzene rings is 2. The van der Waals surface area contributed by atoms with Crippen molar-refractivity contribution in [1.82, 2.24) is 10.2 Å². The number of furan rings is 1. The standard InChI is InChI=1S/C20H22N2O4/c1-13-15-9-8-14-6-4-5-7-16(14)19(15)26-18(13)20(24)22(2)12-17(23)21-10-11-25-3/h4-9H,10-12H2,1-3H3,(H,21,23). The molecule has 6 heteroatoms. The summed E-state index contributed by atoms with van der Waals surface area (Å²) in [5.41, 5.74) is 1.48. The van der Waals surface area contributed by atoms with Gasteiger partial charge in [0.05, 0.1) is 13.2 Å². The van der Waals surface area contributed by atoms with Crippen molar-refractivity contribution in [3.05, 3.63) is 47.7 Å². The Morgan fingerprint density at radius 2 is 1.92 bits per heavy atom. The first-order valence-electron chi connectivity index (χ1n) is 8.45. The molecule has 1 N–H and O–H groups in total. The summed E-state index contributed by atoms with van der Waals surface area (Å²) < 4.78 is 10.8. The number of carbonyl (C=O) groups excluding carboxylic acids is 2. The molecule has 0 saturated heterocycles. The lowest BCUT2D eigenvalue weighted by Crippen LogP contribution is -2.39. The molecule has 136 valence electrons. The number of hydrogen-bond acceptors (Lipinski definition) is 4. The van der Waals surface area contributed by atoms with Gasteiger partial charge in [-0.15, -0.1) is 0 Å². The molecule has 0 atom stereocenters. The number of amides is 2. The summed E-state index contributed by atoms with van der Waals surface area (Å²) in [4.78, 5) is 26.0. The first-order chi connectivity index (χ1) is 12.5. The minimum absolute atomic E-state index is 0.0419. The molecule has 1 heterocycles. The normalized spacial score (nSPS) is 11.0. The molecule has 0 fully saturated rings. The minimum Gasteiger partial charge on any atom is -0.450 e. The number of likely N-dealkylation sites (N-methyl/N-ethyl adjacent to an activating group) is 1. The largest absolute Gasteiger partial charge is 0.450 e. The van der Waals surface area contributed by atoms with Crippen LogP contribution in [0.1, 0.15) is 16.1 Å². The zero-order valence-corrected chi connectivity index (χ0v) is 15.2. The summed E-state index contributed by atoms with van der Waals surface area (Å²) in [7, 11) is 3.15. The van der Waals surface area contributed by atoms with Gasteiger partial charge in [-0.2, -0.15) is 0 Å². The molecular formula is C20H22N2O4. The van der Waals surface area contributed by atoms with Crippen molar-refractivity contribution in [2.24, 2.45) is 0 Å². The van der Waals surface area contributed by atoms with Crippen LogP contribution >= 0.6 is 0 Å². The van der Waals surface area contributed by atoms with Crippen LogP contribution in [0.2, 0.25) is 0 Å². The van der Waals surface area contributed by atoms with Gasteiger partial charge < -0.3 is 19.4 Å². The van der Waals surface area contributed by atoms with Gasteiger partial charge in [-0.3, -0.25) is 9.59 Å². The van der Waals surface area contributed by atoms with E-state index in [4.69, 9.17) is 9.15 Å². The predicted octanol–water partition coefficient (Wildman–Crippen LogP) is 2.73. The van der Waals surface area contributed by atoms with E-state index in [0.29, 0.717) is 18.7 Å². The predicted molar refractivity (Wildman–Crippen MR) is 100 cm³/mol. The summed E-state index contributed by atoms with van der Waals surface area (Å²) in [5, 5.41) is 5.62. The van der Waals surface area contributed by atoms with Crippen molar-refractivity contribution in [3.63, 3.8) is 0 Å². The quantitative estimate of drug-likeness (QED) is 0.691. The molecular weight excluding hydrogens is 332 g/mol. The van der Waals surface area contributed by atoms with E-state index in [1.165, 1.54) is 4.90 Å². The van der Waals surface area contributed by atoms with E-state index in [1.807, 2.05) is 43.3 Å². The van der Waals surface area contributed by atoms with Crippen LogP contribution in [-0.4, -0.2) is 50.6 Å². The smallest absolute Gasteiger partial charge is 0.290 e. The summed E-state index contributed by atoms with van der Waals surface area (Å²) in [6.07, 6.45) is 0. The molecule has 0 aliphatic rings. The Labute approximate surface area is 151 Å². The average molecular weight is 354 g/mol. The molecule has 6 nitrogen and oxygen atoms in total. The number of hydrogen-bond donors (Lipinski definition) is 1. The molecule has 0 aliphatic heterocycles. The zero-order valence-electron chi connectivity index (χ0n) is 15.2. The van der Waals surface area contributed by atoms with E-state index in [-0.39, 0.29) is 24.1 Å². The molecule has 0 unspecified atom stereocenters. The van der Waals surface area contributed by atoms with Gasteiger partial charge in [-0.1, -0.05) is 36.4 Å². The van der Waals surface area contributed by atoms with Crippen LogP contribution in [0.25, 0.3) is 21.7 Å². The third kappa shape index (κ3) is 3.41. The highest BCUT2D eigenvalue weighted by Gasteiger charge is 2.23. The lowest BCUT2D eigenvalue weighted by Gasteiger charge is -2.15. The molecule has 0 aliphatic carbocycles. The maximum Gasteiger partial charge on any atom is 0.290 e. The van der Waals surface area contributed by atoms with Crippen LogP contribution < -0.4 is 5.32 Å². The number of aryl methyl sites for hydroxylation is 1. The highest BCUT2D eigenvalue weighted by Crippen LogP contribution is 2.32. The summed E-state index contributed by atoms with van der Waals surface area (Å²) in [6, 6.07) is 11.9. The molecule has 3 rings (SSSR count). The Kier molecular flexibility index (Phi) is 5.23. The summed E-state index contributed by atoms with van der Waals surface area (Å²) in [6.45, 7) is 2.66. The van der Waals surface area contributed by atoms with E-state index in [1.54, 1.807) is 14.2 Å². The Morgan fingerprint density at radius 3 is 2.69 bits per heavy atom. The fraction of sp³-hybridized carbons (Fsp3) is 0.300. The van der Waals surface area contributed by atoms with Gasteiger partial charge in [-0.05, 0) is 12.3 Å². The van der Waals surface area contributed by atoms with Crippen molar-refractivity contribution < 1.29 is 18.7 Å². The van der Waals surface area contributed by atoms with Gasteiger partial charge in [0.2, 0.25) is 5.91 Å². The van der Waals surface area contributed by atoms with Gasteiger partial charge in [0, 0.05) is 37.0 Å². The van der Waals surface area contributed by atoms with Crippen molar-refractivity contribution in [2.75, 3.05) is 33.9 Å². The van der Waals surface area contributed by atoms with Crippen molar-refractivity contribution in [1.29, 1.82) is 0 Å². The molecule has 3 aromatic rings. The van der Waals surface area contributed by atoms with Gasteiger partial charge >= 0.3 is 0 Å². The lowest BCUT2D eigenvalue weighted by atomic mass is 10.1. The number of methoxy groups -OCH3 is 1. The van der Waals surface area contributed by atoms with Crippen LogP contribution in [-0.2, 0) is 9.53 Å². The number of carbonyl (C=O) groups is 2. The van der Waals surface area contributed by atoms with E-state index in [9.17, 15) is 9.59 Å². The zero-order chi connectivity index (χ0) is 18.7. The highest BCUT2D eigenvalue weighted by molar-refractivity contribution is 6.09. The van der Waals surface area contributed by atoms with Gasteiger partial charge in [-0.25, -0.2) is 0 Å². The fourth-order valence-electron chi connectivity index (χ4n) is 2.96. The number of nitrogens with zero attached hydrogens (tertiary/aromatic N) is 1. The van der Waals surface area contributed by atoms with Crippen LogP contribution in [0.5, 0.6) is 0 Å². The topological polar surface area (TPSA) is 71.8 Å². The van der Waals surface area contributed by atoms with Crippen LogP contribution in [0.15, 0.2) is 40.8 Å². The number of nitrogens with one attached hydrogen (secondary N) is 1. The molecule has 26 heavy (non-hydrogen) atoms. The fourth-order valence-corrected chi connectivity index (χ4v) is 2.96. The molecule has 1 aromatic heterocycles. The monoisotopic (exact) mass is 354 g/mol. The second-order valence-electron chi connectivity index (χ2n) is 6.22. The van der Waals surface area contributed by atoms with Crippen LogP contribution in [0.3, 0.4) is 0 Å². The van der Waals surface area contributed by atoms with E-state index in [2.05, 4.69) is 5.32 Å². The Hall–Kier alpha value is -2.86. The molecule has 0 radical (unpaired) electrons. The second kappa shape index (κ2) is 7.58. The van der Waals surface area contributed by atoms with Gasteiger partial charge in [0.1, 0.15) is 5.58 Å². The minimum atomic E-state index is -0.315. The third-order valence-corrected chi connectivity index (χ3v) is 4.38. The average Bonchev–Trinajstić information content (AvgIpc) is 2.98. The molecule has 2 amide bonds. The molecule has 0 saturated carbocycles. The number of fused-ring (bicyclic) bond motifs is 3. The van der Waals surface area contributed by atoms with Crippen LogP contribution in [0, 0.1) is 6.92 Å². The van der Waals surface area contributed by atoms with Gasteiger partial charge in [0.15, 0.2) is 5.76 Å². The Morgan fingerprint density at radius 1 is 1.15 bits per heavy atom. The molecule has 0 spiro atoms. The SMILES string of the molecule is COCCNC(=O)CN(C)C(=O)c1oc2c(ccc3ccccc32)c1C. The molecule has 2 aromatic carbocycles. The summed E-state index contributed by atoms with van der Waals surface area (Å²) >= 11 is 0. The van der Waals surface area contributed by atoms with E-state index >= 15 is 0 Å². The van der Waals surface area contributed by atoms with E-state index in [0.717, 1.165) is 21.7 Å².